The summed E-state index contributed by atoms with van der Waals surface area (Å²) in [5.41, 5.74) is 9.46. The number of rotatable bonds is 2. The van der Waals surface area contributed by atoms with Crippen molar-refractivity contribution in [2.45, 2.75) is 52.6 Å². The number of anilines is 1. The van der Waals surface area contributed by atoms with Crippen LogP contribution in [0, 0.1) is 13.8 Å². The van der Waals surface area contributed by atoms with E-state index in [1.807, 2.05) is 0 Å². The molecule has 2 N–H and O–H groups in total. The van der Waals surface area contributed by atoms with Gasteiger partial charge in [0.05, 0.1) is 0 Å². The van der Waals surface area contributed by atoms with Crippen molar-refractivity contribution >= 4 is 5.82 Å². The normalized spacial score (nSPS) is 20.7. The second kappa shape index (κ2) is 5.05. The first kappa shape index (κ1) is 12.4. The molecule has 0 radical (unpaired) electrons. The second-order valence-electron chi connectivity index (χ2n) is 5.13. The molecule has 1 saturated heterocycles. The van der Waals surface area contributed by atoms with Crippen LogP contribution >= 0.6 is 0 Å². The van der Waals surface area contributed by atoms with Crippen molar-refractivity contribution in [3.63, 3.8) is 0 Å². The number of pyridine rings is 1. The summed E-state index contributed by atoms with van der Waals surface area (Å²) in [5.74, 6) is 1.12. The third-order valence-electron chi connectivity index (χ3n) is 3.73. The van der Waals surface area contributed by atoms with E-state index < -0.39 is 0 Å². The van der Waals surface area contributed by atoms with Gasteiger partial charge in [0.25, 0.3) is 0 Å². The van der Waals surface area contributed by atoms with Crippen molar-refractivity contribution in [2.24, 2.45) is 5.73 Å². The molecule has 3 nitrogen and oxygen atoms in total. The van der Waals surface area contributed by atoms with Crippen LogP contribution in [0.15, 0.2) is 6.07 Å². The second-order valence-corrected chi connectivity index (χ2v) is 5.13. The largest absolute Gasteiger partial charge is 0.354 e. The molecule has 1 aliphatic heterocycles. The Morgan fingerprint density at radius 1 is 1.41 bits per heavy atom. The number of aryl methyl sites for hydroxylation is 2. The fourth-order valence-corrected chi connectivity index (χ4v) is 2.75. The molecule has 3 heteroatoms. The summed E-state index contributed by atoms with van der Waals surface area (Å²) in [6, 6.07) is 2.71. The Morgan fingerprint density at radius 2 is 2.18 bits per heavy atom. The molecule has 1 aromatic heterocycles. The minimum atomic E-state index is 0.581. The Labute approximate surface area is 104 Å². The topological polar surface area (TPSA) is 42.1 Å². The molecule has 0 spiro atoms. The van der Waals surface area contributed by atoms with Gasteiger partial charge in [-0.05, 0) is 51.7 Å². The van der Waals surface area contributed by atoms with E-state index in [0.717, 1.165) is 18.1 Å². The minimum absolute atomic E-state index is 0.581. The predicted molar refractivity (Wildman–Crippen MR) is 72.3 cm³/mol. The zero-order valence-corrected chi connectivity index (χ0v) is 11.2. The van der Waals surface area contributed by atoms with Gasteiger partial charge in [-0.15, -0.1) is 0 Å². The predicted octanol–water partition coefficient (Wildman–Crippen LogP) is 2.54. The lowest BCUT2D eigenvalue weighted by molar-refractivity contribution is 0.479. The number of aromatic nitrogens is 1. The first-order valence-electron chi connectivity index (χ1n) is 6.57. The van der Waals surface area contributed by atoms with Gasteiger partial charge >= 0.3 is 0 Å². The average Bonchev–Trinajstić information content (AvgIpc) is 2.28. The van der Waals surface area contributed by atoms with Crippen molar-refractivity contribution in [1.29, 1.82) is 0 Å². The highest BCUT2D eigenvalue weighted by Gasteiger charge is 2.22. The van der Waals surface area contributed by atoms with E-state index in [0.29, 0.717) is 12.6 Å². The van der Waals surface area contributed by atoms with Crippen LogP contribution in [0.3, 0.4) is 0 Å². The molecule has 0 amide bonds. The van der Waals surface area contributed by atoms with Crippen molar-refractivity contribution in [1.82, 2.24) is 4.98 Å². The van der Waals surface area contributed by atoms with E-state index in [2.05, 4.69) is 31.7 Å². The Morgan fingerprint density at radius 3 is 2.82 bits per heavy atom. The van der Waals surface area contributed by atoms with Crippen molar-refractivity contribution in [2.75, 3.05) is 11.4 Å². The van der Waals surface area contributed by atoms with Crippen molar-refractivity contribution in [3.05, 3.63) is 22.9 Å². The van der Waals surface area contributed by atoms with Crippen LogP contribution in [0.2, 0.25) is 0 Å². The SMILES string of the molecule is Cc1cc(C)c(CN)c(N2CCCCC2C)n1. The van der Waals surface area contributed by atoms with Gasteiger partial charge in [0, 0.05) is 30.4 Å². The molecule has 0 aliphatic carbocycles. The summed E-state index contributed by atoms with van der Waals surface area (Å²) in [6.45, 7) is 8.18. The fourth-order valence-electron chi connectivity index (χ4n) is 2.75. The molecule has 17 heavy (non-hydrogen) atoms. The van der Waals surface area contributed by atoms with Crippen LogP contribution in [0.1, 0.15) is 43.0 Å². The molecule has 1 fully saturated rings. The van der Waals surface area contributed by atoms with Crippen LogP contribution < -0.4 is 10.6 Å². The van der Waals surface area contributed by atoms with Crippen molar-refractivity contribution < 1.29 is 0 Å². The Balaban J connectivity index is 2.42. The summed E-state index contributed by atoms with van der Waals surface area (Å²) in [5, 5.41) is 0. The molecule has 1 aromatic rings. The van der Waals surface area contributed by atoms with Gasteiger partial charge in [-0.1, -0.05) is 0 Å². The van der Waals surface area contributed by atoms with E-state index in [1.165, 1.54) is 30.4 Å². The van der Waals surface area contributed by atoms with Gasteiger partial charge in [0.2, 0.25) is 0 Å². The van der Waals surface area contributed by atoms with Crippen LogP contribution in [-0.4, -0.2) is 17.6 Å². The maximum Gasteiger partial charge on any atom is 0.133 e. The van der Waals surface area contributed by atoms with Crippen LogP contribution in [0.4, 0.5) is 5.82 Å². The number of piperidine rings is 1. The number of nitrogens with two attached hydrogens (primary N) is 1. The third-order valence-corrected chi connectivity index (χ3v) is 3.73. The summed E-state index contributed by atoms with van der Waals surface area (Å²) in [4.78, 5) is 7.16. The van der Waals surface area contributed by atoms with Crippen LogP contribution in [0.25, 0.3) is 0 Å². The minimum Gasteiger partial charge on any atom is -0.354 e. The quantitative estimate of drug-likeness (QED) is 0.853. The molecule has 1 aliphatic rings. The summed E-state index contributed by atoms with van der Waals surface area (Å²) in [7, 11) is 0. The lowest BCUT2D eigenvalue weighted by Crippen LogP contribution is -2.39. The summed E-state index contributed by atoms with van der Waals surface area (Å²) < 4.78 is 0. The van der Waals surface area contributed by atoms with Crippen molar-refractivity contribution in [3.8, 4) is 0 Å². The van der Waals surface area contributed by atoms with Gasteiger partial charge in [-0.2, -0.15) is 0 Å². The maximum atomic E-state index is 5.89. The highest BCUT2D eigenvalue weighted by atomic mass is 15.2. The van der Waals surface area contributed by atoms with Gasteiger partial charge in [-0.25, -0.2) is 4.98 Å². The van der Waals surface area contributed by atoms with Gasteiger partial charge in [0.1, 0.15) is 5.82 Å². The Kier molecular flexibility index (Phi) is 3.67. The zero-order chi connectivity index (χ0) is 12.4. The average molecular weight is 233 g/mol. The first-order chi connectivity index (χ1) is 8.13. The third kappa shape index (κ3) is 2.44. The highest BCUT2D eigenvalue weighted by molar-refractivity contribution is 5.52. The summed E-state index contributed by atoms with van der Waals surface area (Å²) in [6.07, 6.45) is 3.86. The monoisotopic (exact) mass is 233 g/mol. The standard InChI is InChI=1S/C14H23N3/c1-10-8-11(2)16-14(13(10)9-15)17-7-5-4-6-12(17)3/h8,12H,4-7,9,15H2,1-3H3. The number of hydrogen-bond acceptors (Lipinski definition) is 3. The molecule has 1 atom stereocenters. The smallest absolute Gasteiger partial charge is 0.133 e. The molecule has 0 aromatic carbocycles. The van der Waals surface area contributed by atoms with Gasteiger partial charge < -0.3 is 10.6 Å². The number of nitrogens with zero attached hydrogens (tertiary/aromatic N) is 2. The lowest BCUT2D eigenvalue weighted by Gasteiger charge is -2.36. The lowest BCUT2D eigenvalue weighted by atomic mass is 10.0. The van der Waals surface area contributed by atoms with E-state index in [-0.39, 0.29) is 0 Å². The number of hydrogen-bond donors (Lipinski definition) is 1. The van der Waals surface area contributed by atoms with Gasteiger partial charge in [-0.3, -0.25) is 0 Å². The maximum absolute atomic E-state index is 5.89. The highest BCUT2D eigenvalue weighted by Crippen LogP contribution is 2.28. The molecular formula is C14H23N3. The molecule has 0 bridgehead atoms. The zero-order valence-electron chi connectivity index (χ0n) is 11.2. The first-order valence-corrected chi connectivity index (χ1v) is 6.57. The molecule has 2 heterocycles. The van der Waals surface area contributed by atoms with Crippen LogP contribution in [0.5, 0.6) is 0 Å². The Bertz CT molecular complexity index is 401. The van der Waals surface area contributed by atoms with E-state index in [4.69, 9.17) is 10.7 Å². The molecular weight excluding hydrogens is 210 g/mol. The molecule has 2 rings (SSSR count). The Hall–Kier alpha value is -1.09. The summed E-state index contributed by atoms with van der Waals surface area (Å²) >= 11 is 0. The molecule has 0 saturated carbocycles. The van der Waals surface area contributed by atoms with E-state index >= 15 is 0 Å². The van der Waals surface area contributed by atoms with Gasteiger partial charge in [0.15, 0.2) is 0 Å². The fraction of sp³-hybridized carbons (Fsp3) is 0.643. The van der Waals surface area contributed by atoms with E-state index in [9.17, 15) is 0 Å². The van der Waals surface area contributed by atoms with Crippen LogP contribution in [-0.2, 0) is 6.54 Å². The molecule has 94 valence electrons. The molecule has 1 unspecified atom stereocenters. The van der Waals surface area contributed by atoms with E-state index in [1.54, 1.807) is 0 Å².